The maximum Gasteiger partial charge on any atom is 0.387 e. The fourth-order valence-electron chi connectivity index (χ4n) is 4.06. The predicted octanol–water partition coefficient (Wildman–Crippen LogP) is 4.48. The molecule has 2 heterocycles. The fourth-order valence-corrected chi connectivity index (χ4v) is 4.06. The van der Waals surface area contributed by atoms with Crippen molar-refractivity contribution in [3.63, 3.8) is 0 Å². The Labute approximate surface area is 199 Å². The van der Waals surface area contributed by atoms with Gasteiger partial charge < -0.3 is 33.8 Å². The quantitative estimate of drug-likeness (QED) is 0.425. The number of hydrogen-bond acceptors (Lipinski definition) is 8. The van der Waals surface area contributed by atoms with Crippen LogP contribution in [0, 0.1) is 5.92 Å². The number of aromatic hydroxyl groups is 1. The molecule has 1 aromatic heterocycles. The zero-order valence-electron chi connectivity index (χ0n) is 19.0. The lowest BCUT2D eigenvalue weighted by atomic mass is 10.1. The summed E-state index contributed by atoms with van der Waals surface area (Å²) in [5.41, 5.74) is 0.919. The van der Waals surface area contributed by atoms with E-state index in [9.17, 15) is 18.7 Å². The van der Waals surface area contributed by atoms with Gasteiger partial charge in [-0.2, -0.15) is 8.78 Å². The summed E-state index contributed by atoms with van der Waals surface area (Å²) in [6.07, 6.45) is 2.11. The van der Waals surface area contributed by atoms with Gasteiger partial charge in [0.05, 0.1) is 13.7 Å². The van der Waals surface area contributed by atoms with Gasteiger partial charge in [-0.15, -0.1) is 0 Å². The number of ether oxygens (including phenoxy) is 4. The summed E-state index contributed by atoms with van der Waals surface area (Å²) < 4.78 is 52.9. The first-order chi connectivity index (χ1) is 16.9. The van der Waals surface area contributed by atoms with Crippen LogP contribution in [-0.2, 0) is 9.53 Å². The summed E-state index contributed by atoms with van der Waals surface area (Å²) in [7, 11) is 1.32. The Morgan fingerprint density at radius 2 is 2.03 bits per heavy atom. The van der Waals surface area contributed by atoms with Crippen LogP contribution >= 0.6 is 0 Å². The van der Waals surface area contributed by atoms with Crippen LogP contribution < -0.4 is 19.5 Å². The predicted molar refractivity (Wildman–Crippen MR) is 121 cm³/mol. The number of esters is 1. The monoisotopic (exact) mass is 489 g/mol. The average molecular weight is 489 g/mol. The molecule has 10 heteroatoms. The van der Waals surface area contributed by atoms with Crippen molar-refractivity contribution in [1.82, 2.24) is 5.32 Å². The number of halogens is 2. The van der Waals surface area contributed by atoms with Gasteiger partial charge in [0.1, 0.15) is 17.9 Å². The lowest BCUT2D eigenvalue weighted by Gasteiger charge is -2.14. The molecule has 1 aliphatic heterocycles. The van der Waals surface area contributed by atoms with E-state index >= 15 is 0 Å². The molecule has 2 fully saturated rings. The molecule has 0 radical (unpaired) electrons. The van der Waals surface area contributed by atoms with Gasteiger partial charge in [0, 0.05) is 23.9 Å². The Balaban J connectivity index is 1.42. The van der Waals surface area contributed by atoms with Gasteiger partial charge in [-0.3, -0.25) is 4.79 Å². The Morgan fingerprint density at radius 1 is 1.20 bits per heavy atom. The van der Waals surface area contributed by atoms with Crippen molar-refractivity contribution in [2.75, 3.05) is 20.3 Å². The molecule has 5 rings (SSSR count). The number of rotatable bonds is 9. The van der Waals surface area contributed by atoms with E-state index in [2.05, 4.69) is 10.1 Å². The lowest BCUT2D eigenvalue weighted by molar-refractivity contribution is -0.142. The zero-order valence-corrected chi connectivity index (χ0v) is 19.0. The SMILES string of the molecule is COC(=O)[C@H]1C[C@@H](Oc2c(O)ccc3cc(-c4ccc(OC(F)F)c(OCC5CC5)c4)oc23)CN1. The summed E-state index contributed by atoms with van der Waals surface area (Å²) in [5.74, 6) is 0.709. The van der Waals surface area contributed by atoms with E-state index in [-0.39, 0.29) is 35.1 Å². The largest absolute Gasteiger partial charge is 0.504 e. The molecule has 0 unspecified atom stereocenters. The maximum atomic E-state index is 12.8. The molecular weight excluding hydrogens is 464 g/mol. The van der Waals surface area contributed by atoms with E-state index in [0.717, 1.165) is 12.8 Å². The smallest absolute Gasteiger partial charge is 0.387 e. The molecule has 2 N–H and O–H groups in total. The molecule has 0 spiro atoms. The number of phenols is 1. The van der Waals surface area contributed by atoms with Crippen molar-refractivity contribution in [2.24, 2.45) is 5.92 Å². The number of furan rings is 1. The molecule has 0 amide bonds. The highest BCUT2D eigenvalue weighted by atomic mass is 19.3. The number of alkyl halides is 2. The number of hydrogen-bond donors (Lipinski definition) is 2. The normalized spacial score (nSPS) is 19.8. The summed E-state index contributed by atoms with van der Waals surface area (Å²) in [4.78, 5) is 11.8. The van der Waals surface area contributed by atoms with Crippen molar-refractivity contribution in [2.45, 2.75) is 38.0 Å². The number of nitrogens with one attached hydrogen (secondary N) is 1. The van der Waals surface area contributed by atoms with Crippen LogP contribution in [-0.4, -0.2) is 50.1 Å². The molecular formula is C25H25F2NO7. The van der Waals surface area contributed by atoms with Crippen LogP contribution in [0.15, 0.2) is 40.8 Å². The van der Waals surface area contributed by atoms with Crippen molar-refractivity contribution in [3.05, 3.63) is 36.4 Å². The molecule has 2 aliphatic rings. The first-order valence-corrected chi connectivity index (χ1v) is 11.4. The van der Waals surface area contributed by atoms with Crippen LogP contribution in [0.5, 0.6) is 23.0 Å². The topological polar surface area (TPSA) is 99.4 Å². The Morgan fingerprint density at radius 3 is 2.77 bits per heavy atom. The summed E-state index contributed by atoms with van der Waals surface area (Å²) in [5, 5.41) is 14.2. The van der Waals surface area contributed by atoms with Crippen LogP contribution in [0.4, 0.5) is 8.78 Å². The molecule has 0 bridgehead atoms. The van der Waals surface area contributed by atoms with Crippen LogP contribution in [0.25, 0.3) is 22.3 Å². The van der Waals surface area contributed by atoms with Crippen LogP contribution in [0.2, 0.25) is 0 Å². The second kappa shape index (κ2) is 9.61. The molecule has 2 aromatic carbocycles. The Hall–Kier alpha value is -3.53. The summed E-state index contributed by atoms with van der Waals surface area (Å²) >= 11 is 0. The minimum absolute atomic E-state index is 0.0453. The van der Waals surface area contributed by atoms with E-state index in [1.165, 1.54) is 19.2 Å². The minimum atomic E-state index is -2.97. The first kappa shape index (κ1) is 23.2. The van der Waals surface area contributed by atoms with Crippen molar-refractivity contribution >= 4 is 16.9 Å². The van der Waals surface area contributed by atoms with Crippen molar-refractivity contribution < 1.29 is 42.0 Å². The maximum absolute atomic E-state index is 12.8. The first-order valence-electron chi connectivity index (χ1n) is 11.4. The zero-order chi connectivity index (χ0) is 24.5. The molecule has 1 aliphatic carbocycles. The third kappa shape index (κ3) is 5.12. The van der Waals surface area contributed by atoms with Gasteiger partial charge in [-0.1, -0.05) is 0 Å². The number of methoxy groups -OCH3 is 1. The van der Waals surface area contributed by atoms with Gasteiger partial charge >= 0.3 is 12.6 Å². The molecule has 3 aromatic rings. The number of benzene rings is 2. The number of phenolic OH excluding ortho intramolecular Hbond substituents is 1. The standard InChI is InChI=1S/C25H25F2NO7/c1-31-24(30)17-10-16(11-28-17)33-23-18(29)6-4-15-9-20(34-22(15)23)14-5-7-19(35-25(26)27)21(8-14)32-12-13-2-3-13/h4-9,13,16-17,25,28-29H,2-3,10-12H2,1H3/t16-,17-/m1/s1. The Kier molecular flexibility index (Phi) is 6.38. The molecule has 8 nitrogen and oxygen atoms in total. The summed E-state index contributed by atoms with van der Waals surface area (Å²) in [6, 6.07) is 9.08. The summed E-state index contributed by atoms with van der Waals surface area (Å²) in [6.45, 7) is -2.14. The van der Waals surface area contributed by atoms with Gasteiger partial charge in [0.15, 0.2) is 22.8 Å². The molecule has 1 saturated heterocycles. The van der Waals surface area contributed by atoms with Gasteiger partial charge in [0.2, 0.25) is 5.75 Å². The van der Waals surface area contributed by atoms with Gasteiger partial charge in [-0.25, -0.2) is 0 Å². The van der Waals surface area contributed by atoms with Gasteiger partial charge in [-0.05, 0) is 55.2 Å². The highest BCUT2D eigenvalue weighted by molar-refractivity contribution is 5.89. The van der Waals surface area contributed by atoms with Gasteiger partial charge in [0.25, 0.3) is 0 Å². The number of carbonyl (C=O) groups is 1. The highest BCUT2D eigenvalue weighted by Crippen LogP contribution is 2.42. The second-order valence-corrected chi connectivity index (χ2v) is 8.70. The number of carbonyl (C=O) groups excluding carboxylic acids is 1. The van der Waals surface area contributed by atoms with Crippen molar-refractivity contribution in [1.29, 1.82) is 0 Å². The lowest BCUT2D eigenvalue weighted by Crippen LogP contribution is -2.31. The van der Waals surface area contributed by atoms with Crippen molar-refractivity contribution in [3.8, 4) is 34.3 Å². The minimum Gasteiger partial charge on any atom is -0.504 e. The van der Waals surface area contributed by atoms with E-state index in [0.29, 0.717) is 47.8 Å². The molecule has 186 valence electrons. The van der Waals surface area contributed by atoms with E-state index in [1.54, 1.807) is 24.3 Å². The molecule has 2 atom stereocenters. The average Bonchev–Trinajstić information content (AvgIpc) is 3.37. The fraction of sp³-hybridized carbons (Fsp3) is 0.400. The molecule has 35 heavy (non-hydrogen) atoms. The van der Waals surface area contributed by atoms with Crippen LogP contribution in [0.1, 0.15) is 19.3 Å². The van der Waals surface area contributed by atoms with E-state index in [1.807, 2.05) is 0 Å². The second-order valence-electron chi connectivity index (χ2n) is 8.70. The molecule has 1 saturated carbocycles. The van der Waals surface area contributed by atoms with E-state index in [4.69, 9.17) is 18.6 Å². The number of fused-ring (bicyclic) bond motifs is 1. The highest BCUT2D eigenvalue weighted by Gasteiger charge is 2.32. The third-order valence-electron chi connectivity index (χ3n) is 6.10. The van der Waals surface area contributed by atoms with Crippen LogP contribution in [0.3, 0.4) is 0 Å². The Bertz CT molecular complexity index is 1220. The third-order valence-corrected chi connectivity index (χ3v) is 6.10. The van der Waals surface area contributed by atoms with E-state index < -0.39 is 12.7 Å².